The fraction of sp³-hybridized carbons (Fsp3) is 0.0909. The van der Waals surface area contributed by atoms with E-state index in [2.05, 4.69) is 6.07 Å². The number of esters is 1. The van der Waals surface area contributed by atoms with Gasteiger partial charge in [-0.1, -0.05) is 48.5 Å². The number of benzene rings is 3. The Kier molecular flexibility index (Phi) is 5.00. The minimum absolute atomic E-state index is 0.396. The Bertz CT molecular complexity index is 986. The molecule has 0 bridgehead atoms. The molecule has 0 saturated carbocycles. The number of nitrogen functional groups attached to an aromatic ring is 1. The molecule has 4 heteroatoms. The molecular formula is C22H18N2O2. The Morgan fingerprint density at radius 1 is 1.04 bits per heavy atom. The van der Waals surface area contributed by atoms with Crippen molar-refractivity contribution >= 4 is 11.7 Å². The van der Waals surface area contributed by atoms with Crippen molar-refractivity contribution in [3.8, 4) is 17.2 Å². The van der Waals surface area contributed by atoms with Gasteiger partial charge in [-0.25, -0.2) is 4.79 Å². The summed E-state index contributed by atoms with van der Waals surface area (Å²) in [6.45, 7) is 0. The molecule has 0 saturated heterocycles. The zero-order chi connectivity index (χ0) is 18.5. The summed E-state index contributed by atoms with van der Waals surface area (Å²) in [5.41, 5.74) is 11.4. The number of carbonyl (C=O) groups excluding carboxylic acids is 1. The van der Waals surface area contributed by atoms with E-state index in [1.165, 1.54) is 7.11 Å². The fourth-order valence-corrected chi connectivity index (χ4v) is 2.94. The van der Waals surface area contributed by atoms with Crippen LogP contribution in [-0.4, -0.2) is 13.1 Å². The van der Waals surface area contributed by atoms with E-state index in [9.17, 15) is 10.1 Å². The van der Waals surface area contributed by atoms with Gasteiger partial charge in [0.05, 0.1) is 24.3 Å². The van der Waals surface area contributed by atoms with Gasteiger partial charge in [0.25, 0.3) is 0 Å². The van der Waals surface area contributed by atoms with E-state index in [1.807, 2.05) is 42.5 Å². The Labute approximate surface area is 152 Å². The molecule has 0 aliphatic heterocycles. The maximum Gasteiger partial charge on any atom is 0.338 e. The van der Waals surface area contributed by atoms with E-state index in [-0.39, 0.29) is 0 Å². The smallest absolute Gasteiger partial charge is 0.338 e. The van der Waals surface area contributed by atoms with E-state index < -0.39 is 5.97 Å². The average Bonchev–Trinajstić information content (AvgIpc) is 2.69. The molecule has 0 aliphatic carbocycles. The van der Waals surface area contributed by atoms with Gasteiger partial charge in [0.2, 0.25) is 0 Å². The zero-order valence-electron chi connectivity index (χ0n) is 14.4. The molecule has 26 heavy (non-hydrogen) atoms. The van der Waals surface area contributed by atoms with Crippen molar-refractivity contribution < 1.29 is 9.53 Å². The number of nitriles is 1. The standard InChI is InChI=1S/C22H18N2O2/c1-26-22(25)19-7-4-8-21(24)20(19)13-15-9-11-16(12-10-15)18-6-3-2-5-17(18)14-23/h2-12H,13,24H2,1H3. The Hall–Kier alpha value is -3.58. The van der Waals surface area contributed by atoms with Gasteiger partial charge < -0.3 is 10.5 Å². The highest BCUT2D eigenvalue weighted by Gasteiger charge is 2.14. The molecular weight excluding hydrogens is 324 g/mol. The van der Waals surface area contributed by atoms with Crippen LogP contribution in [-0.2, 0) is 11.2 Å². The van der Waals surface area contributed by atoms with Crippen LogP contribution in [0.3, 0.4) is 0 Å². The second kappa shape index (κ2) is 7.54. The van der Waals surface area contributed by atoms with Gasteiger partial charge in [-0.15, -0.1) is 0 Å². The van der Waals surface area contributed by atoms with Crippen LogP contribution in [0.15, 0.2) is 66.7 Å². The van der Waals surface area contributed by atoms with Gasteiger partial charge in [-0.3, -0.25) is 0 Å². The quantitative estimate of drug-likeness (QED) is 0.570. The van der Waals surface area contributed by atoms with Crippen LogP contribution in [0.1, 0.15) is 27.0 Å². The summed E-state index contributed by atoms with van der Waals surface area (Å²) in [5, 5.41) is 9.26. The molecule has 2 N–H and O–H groups in total. The maximum absolute atomic E-state index is 12.0. The van der Waals surface area contributed by atoms with Gasteiger partial charge in [0.15, 0.2) is 0 Å². The number of methoxy groups -OCH3 is 1. The first-order chi connectivity index (χ1) is 12.6. The van der Waals surface area contributed by atoms with Gasteiger partial charge in [-0.2, -0.15) is 5.26 Å². The Morgan fingerprint density at radius 3 is 2.46 bits per heavy atom. The summed E-state index contributed by atoms with van der Waals surface area (Å²) in [7, 11) is 1.36. The lowest BCUT2D eigenvalue weighted by Gasteiger charge is -2.12. The minimum atomic E-state index is -0.396. The predicted molar refractivity (Wildman–Crippen MR) is 102 cm³/mol. The highest BCUT2D eigenvalue weighted by atomic mass is 16.5. The summed E-state index contributed by atoms with van der Waals surface area (Å²) in [6, 6.07) is 22.9. The Morgan fingerprint density at radius 2 is 1.77 bits per heavy atom. The maximum atomic E-state index is 12.0. The van der Waals surface area contributed by atoms with Crippen molar-refractivity contribution in [3.63, 3.8) is 0 Å². The molecule has 0 atom stereocenters. The summed E-state index contributed by atoms with van der Waals surface area (Å²) in [4.78, 5) is 12.0. The van der Waals surface area contributed by atoms with E-state index in [1.54, 1.807) is 24.3 Å². The summed E-state index contributed by atoms with van der Waals surface area (Å²) < 4.78 is 4.85. The topological polar surface area (TPSA) is 76.1 Å². The Balaban J connectivity index is 1.92. The molecule has 0 radical (unpaired) electrons. The van der Waals surface area contributed by atoms with E-state index in [4.69, 9.17) is 10.5 Å². The van der Waals surface area contributed by atoms with E-state index >= 15 is 0 Å². The number of anilines is 1. The van der Waals surface area contributed by atoms with Crippen LogP contribution in [0, 0.1) is 11.3 Å². The largest absolute Gasteiger partial charge is 0.465 e. The number of hydrogen-bond donors (Lipinski definition) is 1. The molecule has 3 rings (SSSR count). The van der Waals surface area contributed by atoms with Crippen LogP contribution in [0.25, 0.3) is 11.1 Å². The summed E-state index contributed by atoms with van der Waals surface area (Å²) in [5.74, 6) is -0.396. The van der Waals surface area contributed by atoms with Gasteiger partial charge in [0.1, 0.15) is 0 Å². The molecule has 0 aromatic heterocycles. The number of carbonyl (C=O) groups is 1. The molecule has 0 spiro atoms. The van der Waals surface area contributed by atoms with Gasteiger partial charge in [0, 0.05) is 12.1 Å². The van der Waals surface area contributed by atoms with Crippen LogP contribution >= 0.6 is 0 Å². The number of nitrogens with two attached hydrogens (primary N) is 1. The lowest BCUT2D eigenvalue weighted by atomic mass is 9.95. The highest BCUT2D eigenvalue weighted by Crippen LogP contribution is 2.26. The molecule has 3 aromatic rings. The van der Waals surface area contributed by atoms with Crippen LogP contribution in [0.4, 0.5) is 5.69 Å². The number of nitrogens with zero attached hydrogens (tertiary/aromatic N) is 1. The number of hydrogen-bond acceptors (Lipinski definition) is 4. The van der Waals surface area contributed by atoms with E-state index in [0.29, 0.717) is 23.2 Å². The second-order valence-corrected chi connectivity index (χ2v) is 5.90. The van der Waals surface area contributed by atoms with Crippen molar-refractivity contribution in [1.82, 2.24) is 0 Å². The molecule has 4 nitrogen and oxygen atoms in total. The molecule has 0 fully saturated rings. The molecule has 128 valence electrons. The lowest BCUT2D eigenvalue weighted by molar-refractivity contribution is 0.0599. The monoisotopic (exact) mass is 342 g/mol. The average molecular weight is 342 g/mol. The molecule has 0 amide bonds. The first kappa shape index (κ1) is 17.2. The summed E-state index contributed by atoms with van der Waals surface area (Å²) >= 11 is 0. The SMILES string of the molecule is COC(=O)c1cccc(N)c1Cc1ccc(-c2ccccc2C#N)cc1. The first-order valence-corrected chi connectivity index (χ1v) is 8.18. The first-order valence-electron chi connectivity index (χ1n) is 8.18. The molecule has 3 aromatic carbocycles. The third-order valence-electron chi connectivity index (χ3n) is 4.31. The minimum Gasteiger partial charge on any atom is -0.465 e. The van der Waals surface area contributed by atoms with Crippen molar-refractivity contribution in [3.05, 3.63) is 89.0 Å². The van der Waals surface area contributed by atoms with Crippen molar-refractivity contribution in [2.45, 2.75) is 6.42 Å². The number of rotatable bonds is 4. The molecule has 0 unspecified atom stereocenters. The van der Waals surface area contributed by atoms with Crippen molar-refractivity contribution in [1.29, 1.82) is 5.26 Å². The summed E-state index contributed by atoms with van der Waals surface area (Å²) in [6.07, 6.45) is 0.525. The van der Waals surface area contributed by atoms with Crippen LogP contribution < -0.4 is 5.73 Å². The van der Waals surface area contributed by atoms with Crippen molar-refractivity contribution in [2.75, 3.05) is 12.8 Å². The second-order valence-electron chi connectivity index (χ2n) is 5.90. The van der Waals surface area contributed by atoms with E-state index in [0.717, 1.165) is 22.3 Å². The molecule has 0 aliphatic rings. The lowest BCUT2D eigenvalue weighted by Crippen LogP contribution is -2.08. The highest BCUT2D eigenvalue weighted by molar-refractivity contribution is 5.92. The third kappa shape index (κ3) is 3.42. The van der Waals surface area contributed by atoms with Crippen molar-refractivity contribution in [2.24, 2.45) is 0 Å². The van der Waals surface area contributed by atoms with Crippen LogP contribution in [0.2, 0.25) is 0 Å². The molecule has 0 heterocycles. The zero-order valence-corrected chi connectivity index (χ0v) is 14.4. The third-order valence-corrected chi connectivity index (χ3v) is 4.31. The number of ether oxygens (including phenoxy) is 1. The van der Waals surface area contributed by atoms with Gasteiger partial charge >= 0.3 is 5.97 Å². The van der Waals surface area contributed by atoms with Crippen LogP contribution in [0.5, 0.6) is 0 Å². The predicted octanol–water partition coefficient (Wildman–Crippen LogP) is 4.18. The fourth-order valence-electron chi connectivity index (χ4n) is 2.94. The normalized spacial score (nSPS) is 10.2. The van der Waals surface area contributed by atoms with Gasteiger partial charge in [-0.05, 0) is 40.5 Å².